The van der Waals surface area contributed by atoms with E-state index < -0.39 is 0 Å². The van der Waals surface area contributed by atoms with Gasteiger partial charge in [0, 0.05) is 24.0 Å². The predicted molar refractivity (Wildman–Crippen MR) is 78.5 cm³/mol. The minimum atomic E-state index is -0.267. The third-order valence-corrected chi connectivity index (χ3v) is 2.86. The normalized spacial score (nSPS) is 10.4. The van der Waals surface area contributed by atoms with Crippen LogP contribution in [0.5, 0.6) is 0 Å². The molecule has 0 unspecified atom stereocenters. The van der Waals surface area contributed by atoms with Gasteiger partial charge in [0.15, 0.2) is 0 Å². The maximum atomic E-state index is 11.5. The number of carbonyl (C=O) groups is 2. The van der Waals surface area contributed by atoms with Crippen LogP contribution in [-0.2, 0) is 9.59 Å². The second-order valence-electron chi connectivity index (χ2n) is 4.85. The van der Waals surface area contributed by atoms with Crippen molar-refractivity contribution in [1.29, 1.82) is 0 Å². The van der Waals surface area contributed by atoms with Gasteiger partial charge in [-0.15, -0.1) is 0 Å². The third kappa shape index (κ3) is 4.73. The van der Waals surface area contributed by atoms with Gasteiger partial charge in [0.05, 0.1) is 6.42 Å². The fraction of sp³-hybridized carbons (Fsp3) is 0.467. The van der Waals surface area contributed by atoms with E-state index in [9.17, 15) is 9.59 Å². The quantitative estimate of drug-likeness (QED) is 0.802. The van der Waals surface area contributed by atoms with Crippen molar-refractivity contribution < 1.29 is 9.59 Å². The molecule has 1 rings (SSSR count). The van der Waals surface area contributed by atoms with E-state index in [2.05, 4.69) is 31.0 Å². The third-order valence-electron chi connectivity index (χ3n) is 2.86. The average Bonchev–Trinajstić information content (AvgIpc) is 2.30. The minimum absolute atomic E-state index is 0.0746. The van der Waals surface area contributed by atoms with Gasteiger partial charge in [0.2, 0.25) is 5.91 Å². The van der Waals surface area contributed by atoms with Crippen LogP contribution in [0.1, 0.15) is 34.1 Å². The summed E-state index contributed by atoms with van der Waals surface area (Å²) in [5, 5.41) is 2.71. The Balaban J connectivity index is 2.71. The molecule has 0 saturated carbocycles. The lowest BCUT2D eigenvalue weighted by Gasteiger charge is -2.27. The Morgan fingerprint density at radius 1 is 1.21 bits per heavy atom. The van der Waals surface area contributed by atoms with E-state index in [4.69, 9.17) is 0 Å². The molecule has 19 heavy (non-hydrogen) atoms. The fourth-order valence-electron chi connectivity index (χ4n) is 2.01. The molecule has 0 fully saturated rings. The molecule has 0 heterocycles. The molecule has 1 aromatic rings. The number of amides is 1. The number of ketones is 1. The molecular weight excluding hydrogens is 240 g/mol. The highest BCUT2D eigenvalue weighted by atomic mass is 16.2. The highest BCUT2D eigenvalue weighted by Crippen LogP contribution is 2.19. The van der Waals surface area contributed by atoms with Crippen LogP contribution >= 0.6 is 0 Å². The lowest BCUT2D eigenvalue weighted by molar-refractivity contribution is -0.124. The topological polar surface area (TPSA) is 49.4 Å². The molecule has 0 saturated heterocycles. The zero-order valence-electron chi connectivity index (χ0n) is 12.1. The Morgan fingerprint density at radius 2 is 1.79 bits per heavy atom. The molecule has 0 aliphatic heterocycles. The summed E-state index contributed by atoms with van der Waals surface area (Å²) in [5.41, 5.74) is 1.84. The van der Waals surface area contributed by atoms with Gasteiger partial charge in [0.25, 0.3) is 0 Å². The van der Waals surface area contributed by atoms with E-state index in [1.165, 1.54) is 6.92 Å². The molecular formula is C15H22N2O2. The number of benzene rings is 1. The average molecular weight is 262 g/mol. The smallest absolute Gasteiger partial charge is 0.231 e. The van der Waals surface area contributed by atoms with E-state index in [1.807, 2.05) is 24.3 Å². The fourth-order valence-corrected chi connectivity index (χ4v) is 2.01. The van der Waals surface area contributed by atoms with Crippen LogP contribution in [0.2, 0.25) is 0 Å². The molecule has 0 aliphatic rings. The first-order chi connectivity index (χ1) is 8.93. The minimum Gasteiger partial charge on any atom is -0.369 e. The summed E-state index contributed by atoms with van der Waals surface area (Å²) in [6, 6.07) is 8.11. The monoisotopic (exact) mass is 262 g/mol. The highest BCUT2D eigenvalue weighted by molar-refractivity contribution is 6.03. The lowest BCUT2D eigenvalue weighted by Crippen LogP contribution is -2.30. The molecule has 1 amide bonds. The number of rotatable bonds is 6. The Morgan fingerprint density at radius 3 is 2.21 bits per heavy atom. The molecule has 0 bridgehead atoms. The van der Waals surface area contributed by atoms with Gasteiger partial charge in [0.1, 0.15) is 5.78 Å². The first kappa shape index (κ1) is 15.2. The summed E-state index contributed by atoms with van der Waals surface area (Å²) in [6.07, 6.45) is -0.0746. The van der Waals surface area contributed by atoms with E-state index in [1.54, 1.807) is 0 Å². The van der Waals surface area contributed by atoms with Crippen molar-refractivity contribution in [3.8, 4) is 0 Å². The second kappa shape index (κ2) is 6.92. The van der Waals surface area contributed by atoms with Gasteiger partial charge in [-0.25, -0.2) is 0 Å². The van der Waals surface area contributed by atoms with Crippen molar-refractivity contribution in [3.63, 3.8) is 0 Å². The van der Waals surface area contributed by atoms with Crippen LogP contribution < -0.4 is 10.2 Å². The molecule has 0 atom stereocenters. The highest BCUT2D eigenvalue weighted by Gasteiger charge is 2.09. The van der Waals surface area contributed by atoms with Gasteiger partial charge in [-0.05, 0) is 52.0 Å². The number of nitrogens with zero attached hydrogens (tertiary/aromatic N) is 1. The van der Waals surface area contributed by atoms with Crippen molar-refractivity contribution in [2.75, 3.05) is 16.8 Å². The Labute approximate surface area is 114 Å². The molecule has 0 aliphatic carbocycles. The number of hydrogen-bond donors (Lipinski definition) is 1. The van der Waals surface area contributed by atoms with Gasteiger partial charge >= 0.3 is 0 Å². The van der Waals surface area contributed by atoms with E-state index in [0.29, 0.717) is 6.04 Å². The van der Waals surface area contributed by atoms with Gasteiger partial charge in [-0.3, -0.25) is 9.59 Å². The molecule has 0 spiro atoms. The summed E-state index contributed by atoms with van der Waals surface area (Å²) >= 11 is 0. The molecule has 1 N–H and O–H groups in total. The number of hydrogen-bond acceptors (Lipinski definition) is 3. The van der Waals surface area contributed by atoms with Gasteiger partial charge in [-0.1, -0.05) is 0 Å². The van der Waals surface area contributed by atoms with E-state index >= 15 is 0 Å². The van der Waals surface area contributed by atoms with Crippen LogP contribution in [0, 0.1) is 0 Å². The zero-order chi connectivity index (χ0) is 14.4. The molecule has 1 aromatic carbocycles. The van der Waals surface area contributed by atoms with Crippen molar-refractivity contribution in [2.24, 2.45) is 0 Å². The Bertz CT molecular complexity index is 438. The van der Waals surface area contributed by atoms with Crippen molar-refractivity contribution in [2.45, 2.75) is 40.2 Å². The molecule has 0 aromatic heterocycles. The first-order valence-corrected chi connectivity index (χ1v) is 6.60. The second-order valence-corrected chi connectivity index (χ2v) is 4.85. The zero-order valence-corrected chi connectivity index (χ0v) is 12.1. The summed E-state index contributed by atoms with van der Waals surface area (Å²) in [5.74, 6) is -0.400. The van der Waals surface area contributed by atoms with Gasteiger partial charge < -0.3 is 10.2 Å². The Hall–Kier alpha value is -1.84. The molecule has 4 nitrogen and oxygen atoms in total. The molecule has 4 heteroatoms. The van der Waals surface area contributed by atoms with Crippen LogP contribution in [0.4, 0.5) is 11.4 Å². The largest absolute Gasteiger partial charge is 0.369 e. The van der Waals surface area contributed by atoms with Crippen LogP contribution in [0.15, 0.2) is 24.3 Å². The summed E-state index contributed by atoms with van der Waals surface area (Å²) in [6.45, 7) is 8.75. The number of nitrogens with one attached hydrogen (secondary N) is 1. The van der Waals surface area contributed by atoms with Gasteiger partial charge in [-0.2, -0.15) is 0 Å². The summed E-state index contributed by atoms with van der Waals surface area (Å²) in [4.78, 5) is 24.6. The van der Waals surface area contributed by atoms with Crippen molar-refractivity contribution in [3.05, 3.63) is 24.3 Å². The molecule has 104 valence electrons. The van der Waals surface area contributed by atoms with Crippen molar-refractivity contribution >= 4 is 23.1 Å². The maximum Gasteiger partial charge on any atom is 0.231 e. The summed E-state index contributed by atoms with van der Waals surface area (Å²) < 4.78 is 0. The van der Waals surface area contributed by atoms with Crippen LogP contribution in [-0.4, -0.2) is 24.3 Å². The Kier molecular flexibility index (Phi) is 5.55. The SMILES string of the molecule is CCN(c1ccc(NC(=O)CC(C)=O)cc1)C(C)C. The predicted octanol–water partition coefficient (Wildman–Crippen LogP) is 2.84. The van der Waals surface area contributed by atoms with Crippen molar-refractivity contribution in [1.82, 2.24) is 0 Å². The molecule has 0 radical (unpaired) electrons. The van der Waals surface area contributed by atoms with Crippen LogP contribution in [0.25, 0.3) is 0 Å². The lowest BCUT2D eigenvalue weighted by atomic mass is 10.2. The number of Topliss-reactive ketones (excluding diaryl/α,β-unsaturated/α-hetero) is 1. The maximum absolute atomic E-state index is 11.5. The standard InChI is InChI=1S/C15H22N2O2/c1-5-17(11(2)3)14-8-6-13(7-9-14)16-15(19)10-12(4)18/h6-9,11H,5,10H2,1-4H3,(H,16,19). The van der Waals surface area contributed by atoms with Crippen LogP contribution in [0.3, 0.4) is 0 Å². The van der Waals surface area contributed by atoms with E-state index in [0.717, 1.165) is 17.9 Å². The number of carbonyl (C=O) groups excluding carboxylic acids is 2. The first-order valence-electron chi connectivity index (χ1n) is 6.60. The summed E-state index contributed by atoms with van der Waals surface area (Å²) in [7, 11) is 0. The van der Waals surface area contributed by atoms with E-state index in [-0.39, 0.29) is 18.1 Å². The number of anilines is 2.